The Balaban J connectivity index is 1.85. The van der Waals surface area contributed by atoms with Crippen LogP contribution in [0.25, 0.3) is 10.9 Å². The summed E-state index contributed by atoms with van der Waals surface area (Å²) >= 11 is 0. The first kappa shape index (κ1) is 18.8. The molecule has 2 atom stereocenters. The Morgan fingerprint density at radius 2 is 2.00 bits per heavy atom. The van der Waals surface area contributed by atoms with Crippen LogP contribution >= 0.6 is 0 Å². The number of ether oxygens (including phenoxy) is 1. The molecule has 2 aromatic rings. The van der Waals surface area contributed by atoms with Crippen LogP contribution < -0.4 is 0 Å². The van der Waals surface area contributed by atoms with Crippen molar-refractivity contribution in [3.63, 3.8) is 0 Å². The number of fused-ring (bicyclic) bond motifs is 1. The molecule has 1 N–H and O–H groups in total. The van der Waals surface area contributed by atoms with E-state index in [4.69, 9.17) is 4.74 Å². The Kier molecular flexibility index (Phi) is 5.02. The largest absolute Gasteiger partial charge is 0.444 e. The average Bonchev–Trinajstić information content (AvgIpc) is 3.18. The second-order valence-electron chi connectivity index (χ2n) is 8.46. The predicted molar refractivity (Wildman–Crippen MR) is 103 cm³/mol. The minimum atomic E-state index is -0.718. The molecule has 1 saturated heterocycles. The molecule has 142 valence electrons. The van der Waals surface area contributed by atoms with Crippen molar-refractivity contribution >= 4 is 17.0 Å². The molecule has 0 saturated carbocycles. The minimum Gasteiger partial charge on any atom is -0.444 e. The Morgan fingerprint density at radius 3 is 2.65 bits per heavy atom. The molecule has 1 aromatic carbocycles. The molecule has 3 rings (SSSR count). The number of hydrogen-bond donors (Lipinski definition) is 1. The topological polar surface area (TPSA) is 54.7 Å². The molecule has 2 unspecified atom stereocenters. The Hall–Kier alpha value is -2.01. The maximum atomic E-state index is 12.5. The molecule has 26 heavy (non-hydrogen) atoms. The average molecular weight is 358 g/mol. The van der Waals surface area contributed by atoms with E-state index in [-0.39, 0.29) is 12.1 Å². The molecule has 1 amide bonds. The number of aliphatic hydroxyl groups is 1. The minimum absolute atomic E-state index is 0.246. The van der Waals surface area contributed by atoms with E-state index < -0.39 is 11.7 Å². The van der Waals surface area contributed by atoms with E-state index in [1.165, 1.54) is 0 Å². The first-order chi connectivity index (χ1) is 12.2. The lowest BCUT2D eigenvalue weighted by molar-refractivity contribution is 0.00492. The lowest BCUT2D eigenvalue weighted by Gasteiger charge is -2.31. The number of amides is 1. The van der Waals surface area contributed by atoms with Gasteiger partial charge in [-0.3, -0.25) is 0 Å². The van der Waals surface area contributed by atoms with E-state index in [0.717, 1.165) is 29.3 Å². The number of likely N-dealkylation sites (tertiary alicyclic amines) is 1. The van der Waals surface area contributed by atoms with Crippen LogP contribution in [0.4, 0.5) is 4.79 Å². The van der Waals surface area contributed by atoms with Crippen molar-refractivity contribution in [2.45, 2.75) is 71.2 Å². The highest BCUT2D eigenvalue weighted by Gasteiger charge is 2.37. The van der Waals surface area contributed by atoms with Gasteiger partial charge in [0.25, 0.3) is 0 Å². The van der Waals surface area contributed by atoms with Gasteiger partial charge in [0.05, 0.1) is 12.1 Å². The molecular formula is C21H30N2O3. The molecule has 0 spiro atoms. The molecule has 1 aliphatic heterocycles. The molecule has 1 fully saturated rings. The number of carbonyl (C=O) groups is 1. The highest BCUT2D eigenvalue weighted by atomic mass is 16.6. The lowest BCUT2D eigenvalue weighted by atomic mass is 9.99. The summed E-state index contributed by atoms with van der Waals surface area (Å²) in [5.74, 6) is 0. The van der Waals surface area contributed by atoms with Gasteiger partial charge in [0.15, 0.2) is 0 Å². The lowest BCUT2D eigenvalue weighted by Crippen LogP contribution is -2.42. The fourth-order valence-electron chi connectivity index (χ4n) is 3.69. The third-order valence-electron chi connectivity index (χ3n) is 4.94. The van der Waals surface area contributed by atoms with Crippen molar-refractivity contribution in [2.24, 2.45) is 0 Å². The van der Waals surface area contributed by atoms with Gasteiger partial charge in [-0.05, 0) is 70.5 Å². The number of nitrogens with zero attached hydrogens (tertiary/aromatic N) is 2. The van der Waals surface area contributed by atoms with Crippen LogP contribution in [0, 0.1) is 0 Å². The quantitative estimate of drug-likeness (QED) is 0.868. The molecule has 0 aliphatic carbocycles. The van der Waals surface area contributed by atoms with Gasteiger partial charge in [-0.1, -0.05) is 12.1 Å². The summed E-state index contributed by atoms with van der Waals surface area (Å²) in [7, 11) is 0. The molecule has 1 aromatic heterocycles. The summed E-state index contributed by atoms with van der Waals surface area (Å²) in [4.78, 5) is 14.2. The van der Waals surface area contributed by atoms with Gasteiger partial charge < -0.3 is 19.3 Å². The van der Waals surface area contributed by atoms with Crippen molar-refractivity contribution < 1.29 is 14.6 Å². The first-order valence-corrected chi connectivity index (χ1v) is 9.45. The van der Waals surface area contributed by atoms with Crippen LogP contribution in [0.15, 0.2) is 30.5 Å². The fraction of sp³-hybridized carbons (Fsp3) is 0.571. The Bertz CT molecular complexity index is 788. The third-order valence-corrected chi connectivity index (χ3v) is 4.94. The fourth-order valence-corrected chi connectivity index (χ4v) is 3.69. The van der Waals surface area contributed by atoms with Crippen molar-refractivity contribution in [3.05, 3.63) is 36.0 Å². The summed E-state index contributed by atoms with van der Waals surface area (Å²) < 4.78 is 7.72. The zero-order valence-corrected chi connectivity index (χ0v) is 16.4. The standard InChI is InChI=1S/C21H30N2O3/c1-14(2)22-12-10-15-8-9-16(13-18(15)22)19(24)17-7-6-11-23(17)20(25)26-21(3,4)5/h8-10,12-14,17,19,24H,6-7,11H2,1-5H3. The molecular weight excluding hydrogens is 328 g/mol. The second kappa shape index (κ2) is 6.95. The van der Waals surface area contributed by atoms with E-state index in [2.05, 4.69) is 30.7 Å². The van der Waals surface area contributed by atoms with Crippen LogP contribution in [0.1, 0.15) is 65.2 Å². The van der Waals surface area contributed by atoms with Gasteiger partial charge in [-0.2, -0.15) is 0 Å². The van der Waals surface area contributed by atoms with Crippen molar-refractivity contribution in [2.75, 3.05) is 6.54 Å². The van der Waals surface area contributed by atoms with Gasteiger partial charge in [0.1, 0.15) is 5.60 Å². The van der Waals surface area contributed by atoms with Crippen LogP contribution in [-0.2, 0) is 4.74 Å². The smallest absolute Gasteiger partial charge is 0.410 e. The third kappa shape index (κ3) is 3.73. The number of benzene rings is 1. The maximum Gasteiger partial charge on any atom is 0.410 e. The van der Waals surface area contributed by atoms with Crippen molar-refractivity contribution in [1.29, 1.82) is 0 Å². The van der Waals surface area contributed by atoms with E-state index in [1.807, 2.05) is 39.0 Å². The normalized spacial score (nSPS) is 19.3. The van der Waals surface area contributed by atoms with Crippen LogP contribution in [-0.4, -0.2) is 38.9 Å². The number of carbonyl (C=O) groups excluding carboxylic acids is 1. The summed E-state index contributed by atoms with van der Waals surface area (Å²) in [6.07, 6.45) is 2.68. The summed E-state index contributed by atoms with van der Waals surface area (Å²) in [5, 5.41) is 12.2. The van der Waals surface area contributed by atoms with Gasteiger partial charge in [-0.25, -0.2) is 4.79 Å². The Morgan fingerprint density at radius 1 is 1.27 bits per heavy atom. The molecule has 1 aliphatic rings. The maximum absolute atomic E-state index is 12.5. The van der Waals surface area contributed by atoms with E-state index in [9.17, 15) is 9.90 Å². The van der Waals surface area contributed by atoms with Crippen molar-refractivity contribution in [3.8, 4) is 0 Å². The zero-order valence-electron chi connectivity index (χ0n) is 16.4. The molecule has 0 bridgehead atoms. The van der Waals surface area contributed by atoms with Crippen LogP contribution in [0.3, 0.4) is 0 Å². The number of hydrogen-bond acceptors (Lipinski definition) is 3. The zero-order chi connectivity index (χ0) is 19.1. The van der Waals surface area contributed by atoms with Crippen molar-refractivity contribution in [1.82, 2.24) is 9.47 Å². The molecule has 0 radical (unpaired) electrons. The van der Waals surface area contributed by atoms with E-state index in [1.54, 1.807) is 4.90 Å². The molecule has 5 heteroatoms. The van der Waals surface area contributed by atoms with E-state index >= 15 is 0 Å². The first-order valence-electron chi connectivity index (χ1n) is 9.45. The van der Waals surface area contributed by atoms with Crippen LogP contribution in [0.5, 0.6) is 0 Å². The number of aliphatic hydroxyl groups excluding tert-OH is 1. The van der Waals surface area contributed by atoms with Gasteiger partial charge in [0.2, 0.25) is 0 Å². The summed E-state index contributed by atoms with van der Waals surface area (Å²) in [5.41, 5.74) is 1.42. The van der Waals surface area contributed by atoms with Gasteiger partial charge in [-0.15, -0.1) is 0 Å². The summed E-state index contributed by atoms with van der Waals surface area (Å²) in [6.45, 7) is 10.5. The highest BCUT2D eigenvalue weighted by molar-refractivity contribution is 5.81. The van der Waals surface area contributed by atoms with Gasteiger partial charge >= 0.3 is 6.09 Å². The summed E-state index contributed by atoms with van der Waals surface area (Å²) in [6, 6.07) is 8.25. The SMILES string of the molecule is CC(C)n1ccc2ccc(C(O)C3CCCN3C(=O)OC(C)(C)C)cc21. The number of aromatic nitrogens is 1. The Labute approximate surface area is 155 Å². The van der Waals surface area contributed by atoms with Crippen LogP contribution in [0.2, 0.25) is 0 Å². The second-order valence-corrected chi connectivity index (χ2v) is 8.46. The monoisotopic (exact) mass is 358 g/mol. The predicted octanol–water partition coefficient (Wildman–Crippen LogP) is 4.66. The highest BCUT2D eigenvalue weighted by Crippen LogP contribution is 2.32. The van der Waals surface area contributed by atoms with E-state index in [0.29, 0.717) is 12.6 Å². The molecule has 5 nitrogen and oxygen atoms in total. The number of rotatable bonds is 3. The van der Waals surface area contributed by atoms with Gasteiger partial charge in [0, 0.05) is 24.3 Å². The molecule has 2 heterocycles.